The minimum Gasteiger partial charge on any atom is -0.478 e. The summed E-state index contributed by atoms with van der Waals surface area (Å²) in [5, 5.41) is 8.60. The minimum absolute atomic E-state index is 0. The normalized spacial score (nSPS) is 8.75. The van der Waals surface area contributed by atoms with Crippen LogP contribution in [0.15, 0.2) is 24.3 Å². The van der Waals surface area contributed by atoms with E-state index in [1.807, 2.05) is 13.0 Å². The first-order valence-electron chi connectivity index (χ1n) is 3.56. The number of carboxylic acid groups (broad SMARTS) is 1. The SMILES string of the molecule is CCc1cccc(C(=O)O)c1.N. The number of hydrogen-bond acceptors (Lipinski definition) is 2. The Morgan fingerprint density at radius 2 is 2.17 bits per heavy atom. The van der Waals surface area contributed by atoms with E-state index in [1.54, 1.807) is 18.2 Å². The second-order valence-corrected chi connectivity index (χ2v) is 2.36. The van der Waals surface area contributed by atoms with Crippen molar-refractivity contribution < 1.29 is 9.90 Å². The molecule has 0 amide bonds. The Labute approximate surface area is 71.6 Å². The summed E-state index contributed by atoms with van der Waals surface area (Å²) in [7, 11) is 0. The van der Waals surface area contributed by atoms with Gasteiger partial charge in [-0.3, -0.25) is 0 Å². The van der Waals surface area contributed by atoms with Crippen LogP contribution in [0, 0.1) is 0 Å². The summed E-state index contributed by atoms with van der Waals surface area (Å²) in [6.45, 7) is 2.00. The predicted molar refractivity (Wildman–Crippen MR) is 47.8 cm³/mol. The van der Waals surface area contributed by atoms with E-state index < -0.39 is 5.97 Å². The number of carboxylic acids is 1. The van der Waals surface area contributed by atoms with E-state index in [0.29, 0.717) is 5.56 Å². The summed E-state index contributed by atoms with van der Waals surface area (Å²) in [6.07, 6.45) is 0.876. The molecule has 0 radical (unpaired) electrons. The lowest BCUT2D eigenvalue weighted by molar-refractivity contribution is 0.0697. The summed E-state index contributed by atoms with van der Waals surface area (Å²) < 4.78 is 0. The minimum atomic E-state index is -0.861. The fourth-order valence-corrected chi connectivity index (χ4v) is 0.924. The zero-order valence-corrected chi connectivity index (χ0v) is 7.08. The predicted octanol–water partition coefficient (Wildman–Crippen LogP) is 2.11. The molecule has 0 saturated carbocycles. The Morgan fingerprint density at radius 1 is 1.50 bits per heavy atom. The summed E-state index contributed by atoms with van der Waals surface area (Å²) in [4.78, 5) is 10.5. The van der Waals surface area contributed by atoms with Gasteiger partial charge in [0.2, 0.25) is 0 Å². The average molecular weight is 167 g/mol. The Bertz CT molecular complexity index is 271. The molecule has 0 aliphatic rings. The highest BCUT2D eigenvalue weighted by atomic mass is 16.4. The topological polar surface area (TPSA) is 72.3 Å². The van der Waals surface area contributed by atoms with Crippen molar-refractivity contribution in [1.82, 2.24) is 6.15 Å². The quantitative estimate of drug-likeness (QED) is 0.708. The highest BCUT2D eigenvalue weighted by Crippen LogP contribution is 2.05. The lowest BCUT2D eigenvalue weighted by atomic mass is 10.1. The summed E-state index contributed by atoms with van der Waals surface area (Å²) in [5.74, 6) is -0.861. The van der Waals surface area contributed by atoms with Crippen LogP contribution in [0.3, 0.4) is 0 Å². The zero-order valence-electron chi connectivity index (χ0n) is 7.08. The third kappa shape index (κ3) is 2.36. The molecule has 1 aromatic rings. The Morgan fingerprint density at radius 3 is 2.67 bits per heavy atom. The van der Waals surface area contributed by atoms with E-state index in [4.69, 9.17) is 5.11 Å². The maximum absolute atomic E-state index is 10.5. The first-order valence-corrected chi connectivity index (χ1v) is 3.56. The Balaban J connectivity index is 0.00000121. The van der Waals surface area contributed by atoms with Crippen LogP contribution in [0.25, 0.3) is 0 Å². The largest absolute Gasteiger partial charge is 0.478 e. The standard InChI is InChI=1S/C9H10O2.H3N/c1-2-7-4-3-5-8(6-7)9(10)11;/h3-6H,2H2,1H3,(H,10,11);1H3. The molecule has 66 valence electrons. The number of carbonyl (C=O) groups is 1. The molecule has 0 heterocycles. The third-order valence-corrected chi connectivity index (χ3v) is 1.58. The molecule has 0 bridgehead atoms. The van der Waals surface area contributed by atoms with Crippen LogP contribution in [0.4, 0.5) is 0 Å². The van der Waals surface area contributed by atoms with Crippen molar-refractivity contribution in [2.45, 2.75) is 13.3 Å². The van der Waals surface area contributed by atoms with Crippen LogP contribution in [0.1, 0.15) is 22.8 Å². The van der Waals surface area contributed by atoms with Crippen LogP contribution in [-0.2, 0) is 6.42 Å². The number of benzene rings is 1. The fraction of sp³-hybridized carbons (Fsp3) is 0.222. The second kappa shape index (κ2) is 4.51. The van der Waals surface area contributed by atoms with Crippen LogP contribution in [-0.4, -0.2) is 11.1 Å². The van der Waals surface area contributed by atoms with Gasteiger partial charge in [0.1, 0.15) is 0 Å². The van der Waals surface area contributed by atoms with Crippen molar-refractivity contribution in [2.75, 3.05) is 0 Å². The molecule has 0 atom stereocenters. The average Bonchev–Trinajstić information content (AvgIpc) is 2.05. The Kier molecular flexibility index (Phi) is 4.00. The van der Waals surface area contributed by atoms with Gasteiger partial charge in [-0.1, -0.05) is 19.1 Å². The van der Waals surface area contributed by atoms with Gasteiger partial charge in [0, 0.05) is 0 Å². The van der Waals surface area contributed by atoms with Gasteiger partial charge in [-0.05, 0) is 24.1 Å². The summed E-state index contributed by atoms with van der Waals surface area (Å²) >= 11 is 0. The van der Waals surface area contributed by atoms with Crippen molar-refractivity contribution in [3.05, 3.63) is 35.4 Å². The smallest absolute Gasteiger partial charge is 0.335 e. The van der Waals surface area contributed by atoms with Crippen LogP contribution < -0.4 is 6.15 Å². The molecule has 0 aromatic heterocycles. The molecule has 1 rings (SSSR count). The third-order valence-electron chi connectivity index (χ3n) is 1.58. The molecule has 0 aliphatic carbocycles. The lowest BCUT2D eigenvalue weighted by Crippen LogP contribution is -1.96. The van der Waals surface area contributed by atoms with Crippen LogP contribution in [0.5, 0.6) is 0 Å². The molecule has 0 aliphatic heterocycles. The van der Waals surface area contributed by atoms with Gasteiger partial charge in [-0.2, -0.15) is 0 Å². The van der Waals surface area contributed by atoms with E-state index in [-0.39, 0.29) is 6.15 Å². The number of rotatable bonds is 2. The van der Waals surface area contributed by atoms with Gasteiger partial charge in [-0.25, -0.2) is 4.79 Å². The van der Waals surface area contributed by atoms with E-state index in [1.165, 1.54) is 0 Å². The first-order chi connectivity index (χ1) is 5.24. The number of aromatic carboxylic acids is 1. The molecule has 4 N–H and O–H groups in total. The lowest BCUT2D eigenvalue weighted by Gasteiger charge is -1.97. The van der Waals surface area contributed by atoms with E-state index in [0.717, 1.165) is 12.0 Å². The van der Waals surface area contributed by atoms with E-state index >= 15 is 0 Å². The molecular weight excluding hydrogens is 154 g/mol. The van der Waals surface area contributed by atoms with Crippen LogP contribution >= 0.6 is 0 Å². The van der Waals surface area contributed by atoms with E-state index in [2.05, 4.69) is 0 Å². The number of hydrogen-bond donors (Lipinski definition) is 2. The molecule has 1 aromatic carbocycles. The highest BCUT2D eigenvalue weighted by Gasteiger charge is 2.00. The molecule has 3 heteroatoms. The van der Waals surface area contributed by atoms with Crippen LogP contribution in [0.2, 0.25) is 0 Å². The monoisotopic (exact) mass is 167 g/mol. The maximum atomic E-state index is 10.5. The van der Waals surface area contributed by atoms with Crippen molar-refractivity contribution in [2.24, 2.45) is 0 Å². The van der Waals surface area contributed by atoms with Crippen molar-refractivity contribution in [1.29, 1.82) is 0 Å². The molecule has 12 heavy (non-hydrogen) atoms. The van der Waals surface area contributed by atoms with Gasteiger partial charge in [0.25, 0.3) is 0 Å². The van der Waals surface area contributed by atoms with Gasteiger partial charge >= 0.3 is 5.97 Å². The number of aryl methyl sites for hydroxylation is 1. The summed E-state index contributed by atoms with van der Waals surface area (Å²) in [5.41, 5.74) is 1.43. The van der Waals surface area contributed by atoms with Gasteiger partial charge in [0.15, 0.2) is 0 Å². The molecule has 0 saturated heterocycles. The second-order valence-electron chi connectivity index (χ2n) is 2.36. The van der Waals surface area contributed by atoms with Crippen molar-refractivity contribution >= 4 is 5.97 Å². The van der Waals surface area contributed by atoms with E-state index in [9.17, 15) is 4.79 Å². The van der Waals surface area contributed by atoms with Gasteiger partial charge in [-0.15, -0.1) is 0 Å². The maximum Gasteiger partial charge on any atom is 0.335 e. The van der Waals surface area contributed by atoms with Gasteiger partial charge in [0.05, 0.1) is 5.56 Å². The van der Waals surface area contributed by atoms with Gasteiger partial charge < -0.3 is 11.3 Å². The highest BCUT2D eigenvalue weighted by molar-refractivity contribution is 5.87. The fourth-order valence-electron chi connectivity index (χ4n) is 0.924. The molecule has 0 spiro atoms. The zero-order chi connectivity index (χ0) is 8.27. The Hall–Kier alpha value is -1.35. The summed E-state index contributed by atoms with van der Waals surface area (Å²) in [6, 6.07) is 6.98. The van der Waals surface area contributed by atoms with Crippen molar-refractivity contribution in [3.8, 4) is 0 Å². The molecule has 0 fully saturated rings. The first kappa shape index (κ1) is 10.7. The molecule has 0 unspecified atom stereocenters. The molecular formula is C9H13NO2. The molecule has 3 nitrogen and oxygen atoms in total. The van der Waals surface area contributed by atoms with Crippen molar-refractivity contribution in [3.63, 3.8) is 0 Å².